The molecule has 10 nitrogen and oxygen atoms in total. The van der Waals surface area contributed by atoms with Crippen molar-refractivity contribution < 1.29 is 17.9 Å². The second kappa shape index (κ2) is 9.62. The highest BCUT2D eigenvalue weighted by molar-refractivity contribution is 7.90. The fourth-order valence-electron chi connectivity index (χ4n) is 4.99. The first-order valence-corrected chi connectivity index (χ1v) is 13.8. The Morgan fingerprint density at radius 1 is 1.16 bits per heavy atom. The number of benzene rings is 1. The Kier molecular flexibility index (Phi) is 6.49. The van der Waals surface area contributed by atoms with Crippen molar-refractivity contribution in [2.75, 3.05) is 18.6 Å². The smallest absolute Gasteiger partial charge is 0.358 e. The second-order valence-corrected chi connectivity index (χ2v) is 11.0. The number of hydrogen-bond acceptors (Lipinski definition) is 8. The number of hydrogen-bond donors (Lipinski definition) is 0. The Hall–Kier alpha value is -3.73. The molecule has 1 atom stereocenters. The zero-order valence-corrected chi connectivity index (χ0v) is 22.2. The summed E-state index contributed by atoms with van der Waals surface area (Å²) in [5.74, 6) is 1.10. The lowest BCUT2D eigenvalue weighted by Crippen LogP contribution is -2.39. The Balaban J connectivity index is 1.47. The van der Waals surface area contributed by atoms with Crippen LogP contribution in [0.2, 0.25) is 0 Å². The number of rotatable bonds is 7. The minimum Gasteiger partial charge on any atom is -0.461 e. The number of anilines is 1. The van der Waals surface area contributed by atoms with Crippen molar-refractivity contribution in [2.24, 2.45) is 0 Å². The first kappa shape index (κ1) is 24.9. The number of esters is 1. The standard InChI is InChI=1S/C26H30N6O4S/c1-5-21-23(26(33)36-6-2)29-22-15-18(11-13-31(21)22)30(4)24-20-12-14-32(25(20)28-16-27-24)37(34,35)19-9-7-17(3)8-10-19/h7-10,12,14,16,18H,5-6,11,13,15H2,1-4H3. The van der Waals surface area contributed by atoms with Crippen LogP contribution in [0.15, 0.2) is 47.8 Å². The highest BCUT2D eigenvalue weighted by atomic mass is 32.2. The molecule has 0 spiro atoms. The molecule has 1 unspecified atom stereocenters. The van der Waals surface area contributed by atoms with Crippen molar-refractivity contribution in [3.8, 4) is 0 Å². The fraction of sp³-hybridized carbons (Fsp3) is 0.385. The summed E-state index contributed by atoms with van der Waals surface area (Å²) in [5.41, 5.74) is 2.60. The molecule has 0 aliphatic carbocycles. The molecule has 3 aromatic heterocycles. The SMILES string of the molecule is CCOC(=O)c1nc2n(c1CC)CCC(N(C)c1ncnc3c1ccn3S(=O)(=O)c1ccc(C)cc1)C2. The van der Waals surface area contributed by atoms with Gasteiger partial charge in [0.05, 0.1) is 22.6 Å². The minimum absolute atomic E-state index is 0.0600. The lowest BCUT2D eigenvalue weighted by molar-refractivity contribution is 0.0518. The average Bonchev–Trinajstić information content (AvgIpc) is 3.50. The van der Waals surface area contributed by atoms with Crippen LogP contribution < -0.4 is 4.90 Å². The van der Waals surface area contributed by atoms with Gasteiger partial charge in [0.2, 0.25) is 0 Å². The van der Waals surface area contributed by atoms with Gasteiger partial charge in [0.15, 0.2) is 11.3 Å². The number of aryl methyl sites for hydroxylation is 1. The van der Waals surface area contributed by atoms with Crippen molar-refractivity contribution in [2.45, 2.75) is 57.5 Å². The van der Waals surface area contributed by atoms with Crippen LogP contribution in [0.3, 0.4) is 0 Å². The number of carbonyl (C=O) groups excluding carboxylic acids is 1. The fourth-order valence-corrected chi connectivity index (χ4v) is 6.29. The molecular formula is C26H30N6O4S. The van der Waals surface area contributed by atoms with Crippen LogP contribution in [-0.2, 0) is 34.1 Å². The lowest BCUT2D eigenvalue weighted by atomic mass is 10.0. The summed E-state index contributed by atoms with van der Waals surface area (Å²) in [4.78, 5) is 28.2. The molecule has 0 saturated carbocycles. The molecule has 4 aromatic rings. The van der Waals surface area contributed by atoms with Gasteiger partial charge in [0.1, 0.15) is 18.0 Å². The first-order chi connectivity index (χ1) is 17.8. The average molecular weight is 523 g/mol. The van der Waals surface area contributed by atoms with Gasteiger partial charge in [-0.3, -0.25) is 0 Å². The van der Waals surface area contributed by atoms with Crippen molar-refractivity contribution in [3.05, 3.63) is 65.6 Å². The summed E-state index contributed by atoms with van der Waals surface area (Å²) in [6.07, 6.45) is 5.06. The topological polar surface area (TPSA) is 112 Å². The summed E-state index contributed by atoms with van der Waals surface area (Å²) in [6, 6.07) is 8.55. The number of carbonyl (C=O) groups is 1. The summed E-state index contributed by atoms with van der Waals surface area (Å²) < 4.78 is 35.2. The maximum absolute atomic E-state index is 13.3. The molecule has 194 valence electrons. The molecule has 1 aliphatic rings. The van der Waals surface area contributed by atoms with Crippen LogP contribution in [0.4, 0.5) is 5.82 Å². The van der Waals surface area contributed by atoms with Gasteiger partial charge in [-0.2, -0.15) is 0 Å². The van der Waals surface area contributed by atoms with Crippen LogP contribution in [0.25, 0.3) is 11.0 Å². The zero-order chi connectivity index (χ0) is 26.3. The van der Waals surface area contributed by atoms with E-state index in [1.165, 1.54) is 16.5 Å². The van der Waals surface area contributed by atoms with E-state index in [1.54, 1.807) is 37.3 Å². The molecule has 4 heterocycles. The predicted octanol–water partition coefficient (Wildman–Crippen LogP) is 3.36. The molecular weight excluding hydrogens is 492 g/mol. The van der Waals surface area contributed by atoms with Crippen molar-refractivity contribution in [1.82, 2.24) is 23.5 Å². The molecule has 0 saturated heterocycles. The summed E-state index contributed by atoms with van der Waals surface area (Å²) >= 11 is 0. The van der Waals surface area contributed by atoms with Crippen LogP contribution in [0, 0.1) is 6.92 Å². The number of imidazole rings is 1. The Labute approximate surface area is 216 Å². The summed E-state index contributed by atoms with van der Waals surface area (Å²) in [6.45, 7) is 6.73. The molecule has 0 N–H and O–H groups in total. The van der Waals surface area contributed by atoms with E-state index in [0.717, 1.165) is 30.0 Å². The van der Waals surface area contributed by atoms with Crippen molar-refractivity contribution in [1.29, 1.82) is 0 Å². The van der Waals surface area contributed by atoms with Gasteiger partial charge in [-0.25, -0.2) is 32.1 Å². The first-order valence-electron chi connectivity index (χ1n) is 12.4. The van der Waals surface area contributed by atoms with Crippen LogP contribution >= 0.6 is 0 Å². The number of ether oxygens (including phenoxy) is 1. The van der Waals surface area contributed by atoms with Gasteiger partial charge in [-0.05, 0) is 44.9 Å². The lowest BCUT2D eigenvalue weighted by Gasteiger charge is -2.33. The maximum Gasteiger partial charge on any atom is 0.358 e. The molecule has 0 fully saturated rings. The van der Waals surface area contributed by atoms with Gasteiger partial charge in [0, 0.05) is 32.3 Å². The maximum atomic E-state index is 13.3. The third kappa shape index (κ3) is 4.26. The minimum atomic E-state index is -3.81. The predicted molar refractivity (Wildman–Crippen MR) is 139 cm³/mol. The molecule has 1 aromatic carbocycles. The van der Waals surface area contributed by atoms with Crippen LogP contribution in [0.1, 0.15) is 47.8 Å². The third-order valence-corrected chi connectivity index (χ3v) is 8.63. The van der Waals surface area contributed by atoms with Gasteiger partial charge >= 0.3 is 5.97 Å². The van der Waals surface area contributed by atoms with E-state index < -0.39 is 10.0 Å². The monoisotopic (exact) mass is 522 g/mol. The van der Waals surface area contributed by atoms with E-state index >= 15 is 0 Å². The molecule has 37 heavy (non-hydrogen) atoms. The van der Waals surface area contributed by atoms with Gasteiger partial charge < -0.3 is 14.2 Å². The normalized spacial score (nSPS) is 15.5. The van der Waals surface area contributed by atoms with Crippen LogP contribution in [-0.4, -0.2) is 57.6 Å². The molecule has 0 amide bonds. The van der Waals surface area contributed by atoms with E-state index in [4.69, 9.17) is 4.74 Å². The number of likely N-dealkylation sites (N-methyl/N-ethyl adjacent to an activating group) is 1. The summed E-state index contributed by atoms with van der Waals surface area (Å²) in [5, 5.41) is 0.649. The summed E-state index contributed by atoms with van der Waals surface area (Å²) in [7, 11) is -1.87. The second-order valence-electron chi connectivity index (χ2n) is 9.17. The third-order valence-electron chi connectivity index (χ3n) is 6.95. The zero-order valence-electron chi connectivity index (χ0n) is 21.4. The van der Waals surface area contributed by atoms with E-state index in [1.807, 2.05) is 20.9 Å². The Bertz CT molecular complexity index is 1570. The van der Waals surface area contributed by atoms with Crippen molar-refractivity contribution in [3.63, 3.8) is 0 Å². The molecule has 0 radical (unpaired) electrons. The van der Waals surface area contributed by atoms with Crippen LogP contribution in [0.5, 0.6) is 0 Å². The van der Waals surface area contributed by atoms with E-state index in [0.29, 0.717) is 42.0 Å². The van der Waals surface area contributed by atoms with Gasteiger partial charge in [-0.1, -0.05) is 24.6 Å². The molecule has 0 bridgehead atoms. The van der Waals surface area contributed by atoms with E-state index in [9.17, 15) is 13.2 Å². The molecule has 5 rings (SSSR count). The molecule has 1 aliphatic heterocycles. The Morgan fingerprint density at radius 3 is 2.62 bits per heavy atom. The number of fused-ring (bicyclic) bond motifs is 2. The molecule has 11 heteroatoms. The van der Waals surface area contributed by atoms with Gasteiger partial charge in [-0.15, -0.1) is 0 Å². The highest BCUT2D eigenvalue weighted by Crippen LogP contribution is 2.31. The number of nitrogens with zero attached hydrogens (tertiary/aromatic N) is 6. The largest absolute Gasteiger partial charge is 0.461 e. The number of aromatic nitrogens is 5. The quantitative estimate of drug-likeness (QED) is 0.340. The van der Waals surface area contributed by atoms with E-state index in [-0.39, 0.29) is 16.9 Å². The van der Waals surface area contributed by atoms with E-state index in [2.05, 4.69) is 24.4 Å². The van der Waals surface area contributed by atoms with Crippen molar-refractivity contribution >= 4 is 32.8 Å². The highest BCUT2D eigenvalue weighted by Gasteiger charge is 2.31. The Morgan fingerprint density at radius 2 is 1.92 bits per heavy atom. The van der Waals surface area contributed by atoms with Gasteiger partial charge in [0.25, 0.3) is 10.0 Å².